The van der Waals surface area contributed by atoms with E-state index in [2.05, 4.69) is 10.4 Å². The van der Waals surface area contributed by atoms with Crippen LogP contribution in [-0.4, -0.2) is 52.9 Å². The third-order valence-electron chi connectivity index (χ3n) is 2.92. The molecule has 1 aliphatic rings. The van der Waals surface area contributed by atoms with Crippen molar-refractivity contribution in [3.8, 4) is 0 Å². The van der Waals surface area contributed by atoms with Crippen LogP contribution in [0.1, 0.15) is 16.1 Å². The Balaban J connectivity index is 0.00000200. The Bertz CT molecular complexity index is 469. The van der Waals surface area contributed by atoms with Gasteiger partial charge in [-0.05, 0) is 6.92 Å². The fourth-order valence-electron chi connectivity index (χ4n) is 2.03. The zero-order valence-corrected chi connectivity index (χ0v) is 11.7. The lowest BCUT2D eigenvalue weighted by molar-refractivity contribution is -0.142. The van der Waals surface area contributed by atoms with Gasteiger partial charge in [0.05, 0.1) is 11.3 Å². The van der Waals surface area contributed by atoms with E-state index >= 15 is 0 Å². The lowest BCUT2D eigenvalue weighted by Crippen LogP contribution is -2.46. The zero-order chi connectivity index (χ0) is 14.0. The van der Waals surface area contributed by atoms with Crippen LogP contribution in [0, 0.1) is 6.92 Å². The molecule has 0 aliphatic carbocycles. The van der Waals surface area contributed by atoms with E-state index in [-0.39, 0.29) is 23.9 Å². The molecule has 1 aliphatic heterocycles. The van der Waals surface area contributed by atoms with Gasteiger partial charge in [0.1, 0.15) is 6.54 Å². The maximum absolute atomic E-state index is 12.3. The molecule has 0 bridgehead atoms. The molecular weight excluding hydrogens is 297 g/mol. The summed E-state index contributed by atoms with van der Waals surface area (Å²) in [5, 5.41) is 6.85. The molecule has 9 heteroatoms. The predicted octanol–water partition coefficient (Wildman–Crippen LogP) is 1.22. The van der Waals surface area contributed by atoms with E-state index in [1.165, 1.54) is 6.20 Å². The Morgan fingerprint density at radius 3 is 2.55 bits per heavy atom. The first-order valence-electron chi connectivity index (χ1n) is 5.97. The molecule has 1 saturated heterocycles. The summed E-state index contributed by atoms with van der Waals surface area (Å²) in [6.45, 7) is 2.87. The minimum atomic E-state index is -4.34. The number of halogens is 4. The van der Waals surface area contributed by atoms with Crippen molar-refractivity contribution < 1.29 is 18.0 Å². The molecule has 0 unspecified atom stereocenters. The minimum Gasteiger partial charge on any atom is -0.336 e. The van der Waals surface area contributed by atoms with Gasteiger partial charge >= 0.3 is 6.18 Å². The third-order valence-corrected chi connectivity index (χ3v) is 2.92. The Labute approximate surface area is 120 Å². The van der Waals surface area contributed by atoms with Gasteiger partial charge in [0.2, 0.25) is 0 Å². The molecule has 114 valence electrons. The molecule has 1 fully saturated rings. The van der Waals surface area contributed by atoms with Crippen LogP contribution < -0.4 is 5.32 Å². The van der Waals surface area contributed by atoms with Crippen LogP contribution in [0.3, 0.4) is 0 Å². The van der Waals surface area contributed by atoms with Crippen LogP contribution in [0.15, 0.2) is 6.20 Å². The average Bonchev–Trinajstić information content (AvgIpc) is 2.68. The highest BCUT2D eigenvalue weighted by atomic mass is 35.5. The normalized spacial score (nSPS) is 15.9. The molecular formula is C11H16ClF3N4O. The summed E-state index contributed by atoms with van der Waals surface area (Å²) < 4.78 is 37.6. The number of carbonyl (C=O) groups excluding carboxylic acids is 1. The smallest absolute Gasteiger partial charge is 0.336 e. The van der Waals surface area contributed by atoms with Crippen LogP contribution in [0.4, 0.5) is 13.2 Å². The van der Waals surface area contributed by atoms with Gasteiger partial charge in [-0.1, -0.05) is 0 Å². The van der Waals surface area contributed by atoms with Crippen LogP contribution in [0.5, 0.6) is 0 Å². The summed E-state index contributed by atoms with van der Waals surface area (Å²) in [4.78, 5) is 13.8. The van der Waals surface area contributed by atoms with Gasteiger partial charge in [-0.15, -0.1) is 12.4 Å². The highest BCUT2D eigenvalue weighted by molar-refractivity contribution is 5.95. The van der Waals surface area contributed by atoms with E-state index < -0.39 is 12.7 Å². The summed E-state index contributed by atoms with van der Waals surface area (Å²) in [7, 11) is 0. The van der Waals surface area contributed by atoms with Crippen LogP contribution >= 0.6 is 12.4 Å². The number of hydrogen-bond acceptors (Lipinski definition) is 3. The SMILES string of the molecule is Cc1nn(CC(F)(F)F)cc1C(=O)N1CCNCC1.Cl. The first-order valence-corrected chi connectivity index (χ1v) is 5.97. The van der Waals surface area contributed by atoms with Gasteiger partial charge in [-0.25, -0.2) is 0 Å². The van der Waals surface area contributed by atoms with Crippen molar-refractivity contribution >= 4 is 18.3 Å². The highest BCUT2D eigenvalue weighted by Crippen LogP contribution is 2.18. The molecule has 0 aromatic carbocycles. The summed E-state index contributed by atoms with van der Waals surface area (Å²) in [6.07, 6.45) is -3.17. The Morgan fingerprint density at radius 2 is 2.00 bits per heavy atom. The zero-order valence-electron chi connectivity index (χ0n) is 10.9. The number of alkyl halides is 3. The molecule has 1 amide bonds. The highest BCUT2D eigenvalue weighted by Gasteiger charge is 2.30. The summed E-state index contributed by atoms with van der Waals surface area (Å²) in [6, 6.07) is 0. The standard InChI is InChI=1S/C11H15F3N4O.ClH/c1-8-9(6-18(16-8)7-11(12,13)14)10(19)17-4-2-15-3-5-17;/h6,15H,2-5,7H2,1H3;1H. The summed E-state index contributed by atoms with van der Waals surface area (Å²) in [5.41, 5.74) is 0.568. The maximum Gasteiger partial charge on any atom is 0.408 e. The van der Waals surface area contributed by atoms with E-state index in [0.717, 1.165) is 4.68 Å². The van der Waals surface area contributed by atoms with Crippen molar-refractivity contribution in [2.75, 3.05) is 26.2 Å². The molecule has 0 radical (unpaired) electrons. The lowest BCUT2D eigenvalue weighted by atomic mass is 10.2. The van der Waals surface area contributed by atoms with E-state index in [1.807, 2.05) is 0 Å². The summed E-state index contributed by atoms with van der Waals surface area (Å²) >= 11 is 0. The van der Waals surface area contributed by atoms with E-state index in [4.69, 9.17) is 0 Å². The third kappa shape index (κ3) is 4.11. The van der Waals surface area contributed by atoms with Gasteiger partial charge < -0.3 is 10.2 Å². The van der Waals surface area contributed by atoms with Crippen LogP contribution in [-0.2, 0) is 6.54 Å². The molecule has 0 atom stereocenters. The van der Waals surface area contributed by atoms with Gasteiger partial charge in [-0.3, -0.25) is 9.48 Å². The van der Waals surface area contributed by atoms with E-state index in [9.17, 15) is 18.0 Å². The number of nitrogens with one attached hydrogen (secondary N) is 1. The largest absolute Gasteiger partial charge is 0.408 e. The molecule has 0 spiro atoms. The quantitative estimate of drug-likeness (QED) is 0.893. The van der Waals surface area contributed by atoms with Gasteiger partial charge in [-0.2, -0.15) is 18.3 Å². The number of rotatable bonds is 2. The van der Waals surface area contributed by atoms with Gasteiger partial charge in [0.25, 0.3) is 5.91 Å². The van der Waals surface area contributed by atoms with Crippen molar-refractivity contribution in [3.05, 3.63) is 17.5 Å². The topological polar surface area (TPSA) is 50.2 Å². The molecule has 5 nitrogen and oxygen atoms in total. The van der Waals surface area contributed by atoms with E-state index in [1.54, 1.807) is 11.8 Å². The number of piperazine rings is 1. The van der Waals surface area contributed by atoms with Gasteiger partial charge in [0, 0.05) is 32.4 Å². The number of hydrogen-bond donors (Lipinski definition) is 1. The molecule has 1 aromatic rings. The Morgan fingerprint density at radius 1 is 1.40 bits per heavy atom. The number of carbonyl (C=O) groups is 1. The van der Waals surface area contributed by atoms with E-state index in [0.29, 0.717) is 31.9 Å². The second-order valence-electron chi connectivity index (χ2n) is 4.48. The Hall–Kier alpha value is -1.28. The van der Waals surface area contributed by atoms with Gasteiger partial charge in [0.15, 0.2) is 0 Å². The Kier molecular flexibility index (Phi) is 5.41. The predicted molar refractivity (Wildman–Crippen MR) is 69.0 cm³/mol. The fraction of sp³-hybridized carbons (Fsp3) is 0.636. The number of aromatic nitrogens is 2. The van der Waals surface area contributed by atoms with Crippen LogP contribution in [0.2, 0.25) is 0 Å². The fourth-order valence-corrected chi connectivity index (χ4v) is 2.03. The number of nitrogens with zero attached hydrogens (tertiary/aromatic N) is 3. The molecule has 0 saturated carbocycles. The molecule has 2 rings (SSSR count). The number of aryl methyl sites for hydroxylation is 1. The van der Waals surface area contributed by atoms with Crippen LogP contribution in [0.25, 0.3) is 0 Å². The minimum absolute atomic E-state index is 0. The van der Waals surface area contributed by atoms with Crippen molar-refractivity contribution in [1.82, 2.24) is 20.0 Å². The second-order valence-corrected chi connectivity index (χ2v) is 4.48. The molecule has 1 N–H and O–H groups in total. The first-order chi connectivity index (χ1) is 8.87. The first kappa shape index (κ1) is 16.8. The van der Waals surface area contributed by atoms with Crippen molar-refractivity contribution in [2.45, 2.75) is 19.6 Å². The second kappa shape index (κ2) is 6.45. The number of amides is 1. The molecule has 1 aromatic heterocycles. The molecule has 2 heterocycles. The summed E-state index contributed by atoms with van der Waals surface area (Å²) in [5.74, 6) is -0.257. The maximum atomic E-state index is 12.3. The van der Waals surface area contributed by atoms with Crippen molar-refractivity contribution in [1.29, 1.82) is 0 Å². The lowest BCUT2D eigenvalue weighted by Gasteiger charge is -2.27. The average molecular weight is 313 g/mol. The molecule has 20 heavy (non-hydrogen) atoms. The monoisotopic (exact) mass is 312 g/mol. The van der Waals surface area contributed by atoms with Crippen molar-refractivity contribution in [3.63, 3.8) is 0 Å². The van der Waals surface area contributed by atoms with Crippen molar-refractivity contribution in [2.24, 2.45) is 0 Å².